The number of halogens is 1. The van der Waals surface area contributed by atoms with Crippen LogP contribution >= 0.6 is 0 Å². The molecule has 6 nitrogen and oxygen atoms in total. The summed E-state index contributed by atoms with van der Waals surface area (Å²) in [5.41, 5.74) is 0.873. The van der Waals surface area contributed by atoms with Crippen LogP contribution in [0.1, 0.15) is 25.7 Å². The van der Waals surface area contributed by atoms with E-state index in [9.17, 15) is 17.6 Å². The van der Waals surface area contributed by atoms with Crippen molar-refractivity contribution in [1.29, 1.82) is 0 Å². The summed E-state index contributed by atoms with van der Waals surface area (Å²) in [7, 11) is -3.66. The highest BCUT2D eigenvalue weighted by Crippen LogP contribution is 2.32. The first-order valence-electron chi connectivity index (χ1n) is 10.4. The Morgan fingerprint density at radius 3 is 2.43 bits per heavy atom. The van der Waals surface area contributed by atoms with Crippen molar-refractivity contribution in [3.05, 3.63) is 54.3 Å². The maximum atomic E-state index is 14.6. The summed E-state index contributed by atoms with van der Waals surface area (Å²) in [4.78, 5) is 15.3. The predicted molar refractivity (Wildman–Crippen MR) is 114 cm³/mol. The van der Waals surface area contributed by atoms with Crippen LogP contribution < -0.4 is 10.2 Å². The molecule has 1 unspecified atom stereocenters. The minimum absolute atomic E-state index is 0.0938. The minimum Gasteiger partial charge on any atom is -0.370 e. The number of carbonyl (C=O) groups is 1. The van der Waals surface area contributed by atoms with E-state index in [4.69, 9.17) is 0 Å². The molecular weight excluding hydrogens is 405 g/mol. The maximum Gasteiger partial charge on any atom is 0.243 e. The van der Waals surface area contributed by atoms with E-state index in [1.54, 1.807) is 36.4 Å². The molecule has 0 radical (unpaired) electrons. The monoisotopic (exact) mass is 431 g/mol. The molecule has 4 rings (SSSR count). The Balaban J connectivity index is 1.51. The Hall–Kier alpha value is -2.45. The molecule has 2 aliphatic rings. The number of hydrogen-bond donors (Lipinski definition) is 1. The van der Waals surface area contributed by atoms with Crippen LogP contribution in [-0.2, 0) is 14.8 Å². The zero-order chi connectivity index (χ0) is 21.1. The molecule has 2 fully saturated rings. The smallest absolute Gasteiger partial charge is 0.243 e. The van der Waals surface area contributed by atoms with Gasteiger partial charge in [0.1, 0.15) is 11.5 Å². The summed E-state index contributed by atoms with van der Waals surface area (Å²) in [5.74, 6) is -1.34. The van der Waals surface area contributed by atoms with Crippen LogP contribution in [-0.4, -0.2) is 44.8 Å². The van der Waals surface area contributed by atoms with E-state index in [0.29, 0.717) is 25.1 Å². The van der Waals surface area contributed by atoms with Crippen LogP contribution in [0.25, 0.3) is 0 Å². The van der Waals surface area contributed by atoms with Gasteiger partial charge in [0.15, 0.2) is 0 Å². The number of nitrogens with one attached hydrogen (secondary N) is 1. The molecule has 0 spiro atoms. The van der Waals surface area contributed by atoms with Crippen molar-refractivity contribution in [1.82, 2.24) is 4.31 Å². The number of hydrogen-bond acceptors (Lipinski definition) is 4. The van der Waals surface area contributed by atoms with Crippen molar-refractivity contribution in [2.24, 2.45) is 5.92 Å². The van der Waals surface area contributed by atoms with Crippen LogP contribution in [0.3, 0.4) is 0 Å². The SMILES string of the molecule is O=C(Nc1c(F)cccc1N1CCCC1)C1CCCN(S(=O)(=O)c2ccccc2)C1. The fraction of sp³-hybridized carbons (Fsp3) is 0.409. The molecule has 1 N–H and O–H groups in total. The summed E-state index contributed by atoms with van der Waals surface area (Å²) >= 11 is 0. The maximum absolute atomic E-state index is 14.6. The zero-order valence-corrected chi connectivity index (χ0v) is 17.6. The Labute approximate surface area is 176 Å². The highest BCUT2D eigenvalue weighted by molar-refractivity contribution is 7.89. The number of para-hydroxylation sites is 1. The lowest BCUT2D eigenvalue weighted by Gasteiger charge is -2.31. The number of anilines is 2. The Bertz CT molecular complexity index is 1010. The van der Waals surface area contributed by atoms with Gasteiger partial charge < -0.3 is 10.2 Å². The second kappa shape index (κ2) is 8.73. The second-order valence-corrected chi connectivity index (χ2v) is 9.77. The lowest BCUT2D eigenvalue weighted by molar-refractivity contribution is -0.120. The van der Waals surface area contributed by atoms with E-state index in [0.717, 1.165) is 25.9 Å². The summed E-state index contributed by atoms with van der Waals surface area (Å²) in [5, 5.41) is 2.76. The average molecular weight is 432 g/mol. The van der Waals surface area contributed by atoms with Gasteiger partial charge in [0.05, 0.1) is 16.5 Å². The summed E-state index contributed by atoms with van der Waals surface area (Å²) in [6.07, 6.45) is 3.23. The van der Waals surface area contributed by atoms with E-state index in [1.807, 2.05) is 6.07 Å². The lowest BCUT2D eigenvalue weighted by atomic mass is 9.98. The molecule has 0 aromatic heterocycles. The Morgan fingerprint density at radius 2 is 1.70 bits per heavy atom. The number of nitrogens with zero attached hydrogens (tertiary/aromatic N) is 2. The van der Waals surface area contributed by atoms with Crippen LogP contribution in [0.4, 0.5) is 15.8 Å². The normalized spacial score (nSPS) is 20.3. The summed E-state index contributed by atoms with van der Waals surface area (Å²) < 4.78 is 41.8. The molecule has 1 atom stereocenters. The van der Waals surface area contributed by atoms with Crippen LogP contribution in [0.2, 0.25) is 0 Å². The molecular formula is C22H26FN3O3S. The van der Waals surface area contributed by atoms with Crippen molar-refractivity contribution in [3.63, 3.8) is 0 Å². The second-order valence-electron chi connectivity index (χ2n) is 7.83. The molecule has 2 saturated heterocycles. The number of piperidine rings is 1. The van der Waals surface area contributed by atoms with Gasteiger partial charge in [-0.1, -0.05) is 24.3 Å². The highest BCUT2D eigenvalue weighted by Gasteiger charge is 2.34. The van der Waals surface area contributed by atoms with Gasteiger partial charge in [-0.05, 0) is 49.9 Å². The number of carbonyl (C=O) groups excluding carboxylic acids is 1. The number of sulfonamides is 1. The van der Waals surface area contributed by atoms with Gasteiger partial charge >= 0.3 is 0 Å². The quantitative estimate of drug-likeness (QED) is 0.787. The lowest BCUT2D eigenvalue weighted by Crippen LogP contribution is -2.43. The van der Waals surface area contributed by atoms with Crippen molar-refractivity contribution in [2.75, 3.05) is 36.4 Å². The first kappa shape index (κ1) is 20.8. The van der Waals surface area contributed by atoms with Gasteiger partial charge in [0.2, 0.25) is 15.9 Å². The molecule has 0 saturated carbocycles. The molecule has 2 aliphatic heterocycles. The molecule has 2 aromatic carbocycles. The van der Waals surface area contributed by atoms with Gasteiger partial charge in [0, 0.05) is 26.2 Å². The first-order valence-corrected chi connectivity index (χ1v) is 11.8. The summed E-state index contributed by atoms with van der Waals surface area (Å²) in [6.45, 7) is 2.13. The van der Waals surface area contributed by atoms with E-state index in [2.05, 4.69) is 10.2 Å². The van der Waals surface area contributed by atoms with Crippen molar-refractivity contribution >= 4 is 27.3 Å². The largest absolute Gasteiger partial charge is 0.370 e. The van der Waals surface area contributed by atoms with Crippen LogP contribution in [0, 0.1) is 11.7 Å². The van der Waals surface area contributed by atoms with E-state index in [1.165, 1.54) is 10.4 Å². The third-order valence-corrected chi connectivity index (χ3v) is 7.70. The standard InChI is InChI=1S/C22H26FN3O3S/c23-19-11-6-12-20(25-13-4-5-14-25)21(19)24-22(27)17-8-7-15-26(16-17)30(28,29)18-9-2-1-3-10-18/h1-3,6,9-12,17H,4-5,7-8,13-16H2,(H,24,27). The highest BCUT2D eigenvalue weighted by atomic mass is 32.2. The van der Waals surface area contributed by atoms with Gasteiger partial charge in [-0.2, -0.15) is 4.31 Å². The molecule has 30 heavy (non-hydrogen) atoms. The molecule has 0 aliphatic carbocycles. The third kappa shape index (κ3) is 4.20. The fourth-order valence-corrected chi connectivity index (χ4v) is 5.74. The van der Waals surface area contributed by atoms with Crippen LogP contribution in [0.5, 0.6) is 0 Å². The van der Waals surface area contributed by atoms with E-state index >= 15 is 0 Å². The van der Waals surface area contributed by atoms with E-state index < -0.39 is 21.8 Å². The molecule has 2 heterocycles. The average Bonchev–Trinajstić information content (AvgIpc) is 3.30. The predicted octanol–water partition coefficient (Wildman–Crippen LogP) is 3.47. The fourth-order valence-electron chi connectivity index (χ4n) is 4.20. The Kier molecular flexibility index (Phi) is 6.06. The number of amides is 1. The molecule has 0 bridgehead atoms. The minimum atomic E-state index is -3.66. The Morgan fingerprint density at radius 1 is 0.967 bits per heavy atom. The third-order valence-electron chi connectivity index (χ3n) is 5.82. The molecule has 2 aromatic rings. The molecule has 160 valence electrons. The van der Waals surface area contributed by atoms with Crippen molar-refractivity contribution in [2.45, 2.75) is 30.6 Å². The summed E-state index contributed by atoms with van der Waals surface area (Å²) in [6, 6.07) is 13.0. The van der Waals surface area contributed by atoms with Gasteiger partial charge in [0.25, 0.3) is 0 Å². The topological polar surface area (TPSA) is 69.7 Å². The first-order chi connectivity index (χ1) is 14.5. The number of rotatable bonds is 5. The molecule has 1 amide bonds. The van der Waals surface area contributed by atoms with Crippen LogP contribution in [0.15, 0.2) is 53.4 Å². The molecule has 8 heteroatoms. The zero-order valence-electron chi connectivity index (χ0n) is 16.8. The van der Waals surface area contributed by atoms with Gasteiger partial charge in [-0.15, -0.1) is 0 Å². The van der Waals surface area contributed by atoms with Crippen molar-refractivity contribution in [3.8, 4) is 0 Å². The van der Waals surface area contributed by atoms with Gasteiger partial charge in [-0.3, -0.25) is 4.79 Å². The van der Waals surface area contributed by atoms with Crippen molar-refractivity contribution < 1.29 is 17.6 Å². The van der Waals surface area contributed by atoms with E-state index in [-0.39, 0.29) is 23.0 Å². The van der Waals surface area contributed by atoms with Gasteiger partial charge in [-0.25, -0.2) is 12.8 Å². The number of benzene rings is 2.